The number of ether oxygens (including phenoxy) is 1. The Morgan fingerprint density at radius 3 is 2.69 bits per heavy atom. The lowest BCUT2D eigenvalue weighted by molar-refractivity contribution is -0.162. The van der Waals surface area contributed by atoms with Crippen LogP contribution in [0.15, 0.2) is 55.0 Å². The molecule has 2 amide bonds. The van der Waals surface area contributed by atoms with Crippen molar-refractivity contribution in [1.82, 2.24) is 19.4 Å². The first kappa shape index (κ1) is 21.9. The van der Waals surface area contributed by atoms with Gasteiger partial charge in [0.25, 0.3) is 5.91 Å². The Hall–Kier alpha value is -3.27. The zero-order chi connectivity index (χ0) is 22.7. The van der Waals surface area contributed by atoms with Crippen LogP contribution in [0.4, 0.5) is 5.69 Å². The van der Waals surface area contributed by atoms with Gasteiger partial charge in [0, 0.05) is 36.9 Å². The molecule has 9 nitrogen and oxygen atoms in total. The van der Waals surface area contributed by atoms with Crippen molar-refractivity contribution in [2.75, 3.05) is 18.5 Å². The van der Waals surface area contributed by atoms with E-state index in [4.69, 9.17) is 16.3 Å². The number of nitrogens with zero attached hydrogens (tertiary/aromatic N) is 4. The van der Waals surface area contributed by atoms with E-state index in [1.54, 1.807) is 47.6 Å². The molecule has 0 aliphatic carbocycles. The van der Waals surface area contributed by atoms with Gasteiger partial charge in [-0.2, -0.15) is 0 Å². The maximum atomic E-state index is 12.5. The predicted molar refractivity (Wildman–Crippen MR) is 117 cm³/mol. The van der Waals surface area contributed by atoms with Crippen LogP contribution >= 0.6 is 11.6 Å². The molecule has 0 radical (unpaired) electrons. The van der Waals surface area contributed by atoms with Crippen molar-refractivity contribution in [3.05, 3.63) is 77.1 Å². The normalized spacial score (nSPS) is 18.6. The van der Waals surface area contributed by atoms with Gasteiger partial charge in [-0.25, -0.2) is 9.97 Å². The van der Waals surface area contributed by atoms with Gasteiger partial charge in [0.05, 0.1) is 19.2 Å². The molecule has 32 heavy (non-hydrogen) atoms. The van der Waals surface area contributed by atoms with E-state index >= 15 is 0 Å². The SMILES string of the molecule is Cn1ccnc1CN1C(=O)CO[C@H](c2ccc(NC(=O)c3ccnc(Cl)c3)cc2)[C@H]1CO. The summed E-state index contributed by atoms with van der Waals surface area (Å²) in [6, 6.07) is 9.59. The molecule has 1 aromatic carbocycles. The summed E-state index contributed by atoms with van der Waals surface area (Å²) in [6.45, 7) is -0.0783. The van der Waals surface area contributed by atoms with Crippen molar-refractivity contribution in [3.8, 4) is 0 Å². The molecule has 0 saturated carbocycles. The summed E-state index contributed by atoms with van der Waals surface area (Å²) in [5.74, 6) is 0.200. The van der Waals surface area contributed by atoms with E-state index in [9.17, 15) is 14.7 Å². The highest BCUT2D eigenvalue weighted by molar-refractivity contribution is 6.29. The number of hydrogen-bond acceptors (Lipinski definition) is 6. The van der Waals surface area contributed by atoms with E-state index in [2.05, 4.69) is 15.3 Å². The highest BCUT2D eigenvalue weighted by Gasteiger charge is 2.37. The fourth-order valence-electron chi connectivity index (χ4n) is 3.63. The molecule has 1 aliphatic heterocycles. The fraction of sp³-hybridized carbons (Fsp3) is 0.273. The molecule has 1 aliphatic rings. The van der Waals surface area contributed by atoms with Crippen LogP contribution in [0, 0.1) is 0 Å². The molecule has 2 N–H and O–H groups in total. The van der Waals surface area contributed by atoms with Crippen molar-refractivity contribution >= 4 is 29.1 Å². The molecule has 10 heteroatoms. The van der Waals surface area contributed by atoms with Gasteiger partial charge < -0.3 is 24.6 Å². The third kappa shape index (κ3) is 4.64. The van der Waals surface area contributed by atoms with Crippen molar-refractivity contribution in [2.24, 2.45) is 7.05 Å². The van der Waals surface area contributed by atoms with E-state index in [1.165, 1.54) is 12.3 Å². The second-order valence-corrected chi connectivity index (χ2v) is 7.79. The molecular formula is C22H22ClN5O4. The fourth-order valence-corrected chi connectivity index (χ4v) is 3.80. The van der Waals surface area contributed by atoms with E-state index in [0.29, 0.717) is 17.1 Å². The molecule has 3 heterocycles. The molecule has 0 unspecified atom stereocenters. The minimum atomic E-state index is -0.563. The molecule has 166 valence electrons. The lowest BCUT2D eigenvalue weighted by Crippen LogP contribution is -2.52. The lowest BCUT2D eigenvalue weighted by Gasteiger charge is -2.40. The van der Waals surface area contributed by atoms with Crippen molar-refractivity contribution in [3.63, 3.8) is 0 Å². The van der Waals surface area contributed by atoms with Gasteiger partial charge in [-0.05, 0) is 29.8 Å². The number of hydrogen-bond donors (Lipinski definition) is 2. The molecule has 0 spiro atoms. The minimum absolute atomic E-state index is 0.0904. The Kier molecular flexibility index (Phi) is 6.50. The first-order valence-electron chi connectivity index (χ1n) is 9.97. The highest BCUT2D eigenvalue weighted by atomic mass is 35.5. The molecular weight excluding hydrogens is 434 g/mol. The molecule has 3 aromatic rings. The van der Waals surface area contributed by atoms with E-state index < -0.39 is 12.1 Å². The first-order valence-corrected chi connectivity index (χ1v) is 10.3. The second-order valence-electron chi connectivity index (χ2n) is 7.40. The summed E-state index contributed by atoms with van der Waals surface area (Å²) in [5, 5.41) is 13.1. The molecule has 4 rings (SSSR count). The Morgan fingerprint density at radius 2 is 2.03 bits per heavy atom. The Morgan fingerprint density at radius 1 is 1.25 bits per heavy atom. The summed E-state index contributed by atoms with van der Waals surface area (Å²) in [5.41, 5.74) is 1.77. The summed E-state index contributed by atoms with van der Waals surface area (Å²) < 4.78 is 7.61. The largest absolute Gasteiger partial charge is 0.394 e. The number of carbonyl (C=O) groups is 2. The van der Waals surface area contributed by atoms with Gasteiger partial charge in [-0.3, -0.25) is 9.59 Å². The number of morpholine rings is 1. The van der Waals surface area contributed by atoms with Crippen LogP contribution in [0.3, 0.4) is 0 Å². The van der Waals surface area contributed by atoms with Crippen LogP contribution in [0.1, 0.15) is 27.8 Å². The van der Waals surface area contributed by atoms with Gasteiger partial charge in [0.2, 0.25) is 5.91 Å². The molecule has 1 saturated heterocycles. The number of imidazole rings is 1. The number of amides is 2. The number of pyridine rings is 1. The molecule has 2 aromatic heterocycles. The number of rotatable bonds is 6. The summed E-state index contributed by atoms with van der Waals surface area (Å²) >= 11 is 5.84. The van der Waals surface area contributed by atoms with Crippen molar-refractivity contribution in [1.29, 1.82) is 0 Å². The number of benzene rings is 1. The first-order chi connectivity index (χ1) is 15.5. The number of aryl methyl sites for hydroxylation is 1. The molecule has 1 fully saturated rings. The minimum Gasteiger partial charge on any atom is -0.394 e. The highest BCUT2D eigenvalue weighted by Crippen LogP contribution is 2.30. The van der Waals surface area contributed by atoms with Crippen molar-refractivity contribution < 1.29 is 19.4 Å². The van der Waals surface area contributed by atoms with Crippen molar-refractivity contribution in [2.45, 2.75) is 18.7 Å². The van der Waals surface area contributed by atoms with Gasteiger partial charge in [0.15, 0.2) is 0 Å². The third-order valence-electron chi connectivity index (χ3n) is 5.36. The number of anilines is 1. The zero-order valence-corrected chi connectivity index (χ0v) is 18.1. The number of halogens is 1. The van der Waals surface area contributed by atoms with Crippen LogP contribution in [0.2, 0.25) is 5.15 Å². The van der Waals surface area contributed by atoms with Gasteiger partial charge in [-0.1, -0.05) is 23.7 Å². The van der Waals surface area contributed by atoms with E-state index in [-0.39, 0.29) is 36.7 Å². The molecule has 2 atom stereocenters. The standard InChI is InChI=1S/C22H22ClN5O4/c1-27-9-8-25-19(27)11-28-17(12-29)21(32-13-20(28)30)14-2-4-16(5-3-14)26-22(31)15-6-7-24-18(23)10-15/h2-10,17,21,29H,11-13H2,1H3,(H,26,31)/t17-,21-/m1/s1. The van der Waals surface area contributed by atoms with Crippen LogP contribution in [0.5, 0.6) is 0 Å². The van der Waals surface area contributed by atoms with E-state index in [1.807, 2.05) is 11.6 Å². The molecule has 0 bridgehead atoms. The predicted octanol–water partition coefficient (Wildman–Crippen LogP) is 2.18. The Labute approximate surface area is 189 Å². The van der Waals surface area contributed by atoms with Crippen LogP contribution in [-0.4, -0.2) is 55.6 Å². The third-order valence-corrected chi connectivity index (χ3v) is 5.57. The van der Waals surface area contributed by atoms with Gasteiger partial charge >= 0.3 is 0 Å². The quantitative estimate of drug-likeness (QED) is 0.551. The van der Waals surface area contributed by atoms with Gasteiger partial charge in [0.1, 0.15) is 23.7 Å². The second kappa shape index (κ2) is 9.47. The van der Waals surface area contributed by atoms with E-state index in [0.717, 1.165) is 5.56 Å². The topological polar surface area (TPSA) is 110 Å². The summed E-state index contributed by atoms with van der Waals surface area (Å²) in [4.78, 5) is 34.6. The lowest BCUT2D eigenvalue weighted by atomic mass is 9.99. The maximum absolute atomic E-state index is 12.5. The maximum Gasteiger partial charge on any atom is 0.255 e. The average molecular weight is 456 g/mol. The van der Waals surface area contributed by atoms with Crippen LogP contribution in [0.25, 0.3) is 0 Å². The summed E-state index contributed by atoms with van der Waals surface area (Å²) in [7, 11) is 1.85. The Bertz CT molecular complexity index is 1120. The van der Waals surface area contributed by atoms with Crippen LogP contribution in [-0.2, 0) is 23.1 Å². The number of aromatic nitrogens is 3. The number of aliphatic hydroxyl groups is 1. The monoisotopic (exact) mass is 455 g/mol. The number of carbonyl (C=O) groups excluding carboxylic acids is 2. The zero-order valence-electron chi connectivity index (χ0n) is 17.3. The Balaban J connectivity index is 1.49. The average Bonchev–Trinajstić information content (AvgIpc) is 3.20. The number of aliphatic hydroxyl groups excluding tert-OH is 1. The number of nitrogens with one attached hydrogen (secondary N) is 1. The van der Waals surface area contributed by atoms with Gasteiger partial charge in [-0.15, -0.1) is 0 Å². The smallest absolute Gasteiger partial charge is 0.255 e. The summed E-state index contributed by atoms with van der Waals surface area (Å²) in [6.07, 6.45) is 4.42. The van der Waals surface area contributed by atoms with Crippen LogP contribution < -0.4 is 5.32 Å².